The highest BCUT2D eigenvalue weighted by molar-refractivity contribution is 5.92. The van der Waals surface area contributed by atoms with Crippen molar-refractivity contribution in [3.8, 4) is 5.75 Å². The van der Waals surface area contributed by atoms with Gasteiger partial charge in [0.15, 0.2) is 0 Å². The summed E-state index contributed by atoms with van der Waals surface area (Å²) in [7, 11) is 0. The minimum absolute atomic E-state index is 0.111. The average Bonchev–Trinajstić information content (AvgIpc) is 2.49. The summed E-state index contributed by atoms with van der Waals surface area (Å²) in [5.41, 5.74) is 12.5. The van der Waals surface area contributed by atoms with Crippen LogP contribution in [0.3, 0.4) is 0 Å². The molecule has 0 spiro atoms. The predicted molar refractivity (Wildman–Crippen MR) is 86.0 cm³/mol. The van der Waals surface area contributed by atoms with E-state index in [4.69, 9.17) is 16.2 Å². The summed E-state index contributed by atoms with van der Waals surface area (Å²) in [4.78, 5) is 12.1. The number of benzene rings is 2. The first-order valence-corrected chi connectivity index (χ1v) is 6.56. The Labute approximate surface area is 128 Å². The molecule has 0 heterocycles. The van der Waals surface area contributed by atoms with Crippen molar-refractivity contribution in [3.05, 3.63) is 65.2 Å². The molecule has 0 radical (unpaired) electrons. The molecule has 0 atom stereocenters. The summed E-state index contributed by atoms with van der Waals surface area (Å²) in [6, 6.07) is 14.1. The largest absolute Gasteiger partial charge is 0.423 e. The smallest absolute Gasteiger partial charge is 0.343 e. The number of carbonyl (C=O) groups is 1. The van der Waals surface area contributed by atoms with E-state index in [9.17, 15) is 4.79 Å². The predicted octanol–water partition coefficient (Wildman–Crippen LogP) is 1.82. The number of hydrogen-bond donors (Lipinski definition) is 2. The Kier molecular flexibility index (Phi) is 4.87. The molecule has 2 aromatic carbocycles. The van der Waals surface area contributed by atoms with E-state index < -0.39 is 0 Å². The van der Waals surface area contributed by atoms with Crippen LogP contribution in [0.15, 0.2) is 58.7 Å². The van der Waals surface area contributed by atoms with Crippen LogP contribution in [0.25, 0.3) is 0 Å². The average molecular weight is 296 g/mol. The molecule has 4 N–H and O–H groups in total. The fourth-order valence-electron chi connectivity index (χ4n) is 1.75. The Hall–Kier alpha value is -3.15. The van der Waals surface area contributed by atoms with Crippen LogP contribution in [0.1, 0.15) is 21.5 Å². The first kappa shape index (κ1) is 15.2. The molecule has 22 heavy (non-hydrogen) atoms. The van der Waals surface area contributed by atoms with Crippen molar-refractivity contribution in [1.82, 2.24) is 0 Å². The molecule has 112 valence electrons. The van der Waals surface area contributed by atoms with Crippen molar-refractivity contribution in [3.63, 3.8) is 0 Å². The lowest BCUT2D eigenvalue weighted by Gasteiger charge is -2.06. The maximum Gasteiger partial charge on any atom is 0.343 e. The van der Waals surface area contributed by atoms with E-state index in [0.717, 1.165) is 11.1 Å². The van der Waals surface area contributed by atoms with Crippen LogP contribution in [0.5, 0.6) is 5.75 Å². The monoisotopic (exact) mass is 296 g/mol. The minimum Gasteiger partial charge on any atom is -0.423 e. The molecule has 0 saturated carbocycles. The Morgan fingerprint density at radius 3 is 2.41 bits per heavy atom. The lowest BCUT2D eigenvalue weighted by Crippen LogP contribution is -2.21. The van der Waals surface area contributed by atoms with Crippen molar-refractivity contribution in [2.45, 2.75) is 6.92 Å². The Morgan fingerprint density at radius 2 is 1.77 bits per heavy atom. The van der Waals surface area contributed by atoms with E-state index in [1.165, 1.54) is 6.21 Å². The number of hydrogen-bond acceptors (Lipinski definition) is 4. The molecule has 0 aliphatic carbocycles. The SMILES string of the molecule is Cc1ccccc1C(=O)Oc1ccc(/C=N\N=C(N)N)cc1. The first-order chi connectivity index (χ1) is 10.6. The Morgan fingerprint density at radius 1 is 1.09 bits per heavy atom. The summed E-state index contributed by atoms with van der Waals surface area (Å²) in [5.74, 6) is -0.0488. The minimum atomic E-state index is -0.389. The van der Waals surface area contributed by atoms with Gasteiger partial charge in [-0.3, -0.25) is 0 Å². The van der Waals surface area contributed by atoms with Crippen LogP contribution in [0.2, 0.25) is 0 Å². The highest BCUT2D eigenvalue weighted by atomic mass is 16.5. The normalized spacial score (nSPS) is 10.4. The maximum atomic E-state index is 12.1. The van der Waals surface area contributed by atoms with E-state index in [-0.39, 0.29) is 11.9 Å². The topological polar surface area (TPSA) is 103 Å². The third-order valence-corrected chi connectivity index (χ3v) is 2.84. The van der Waals surface area contributed by atoms with E-state index in [1.807, 2.05) is 19.1 Å². The standard InChI is InChI=1S/C16H16N4O2/c1-11-4-2-3-5-14(11)15(21)22-13-8-6-12(7-9-13)10-19-20-16(17)18/h2-10H,1H3,(H4,17,18,20)/b19-10-. The summed E-state index contributed by atoms with van der Waals surface area (Å²) in [5, 5.41) is 7.19. The lowest BCUT2D eigenvalue weighted by atomic mass is 10.1. The van der Waals surface area contributed by atoms with Crippen molar-refractivity contribution >= 4 is 18.1 Å². The van der Waals surface area contributed by atoms with Gasteiger partial charge in [0.25, 0.3) is 0 Å². The number of ether oxygens (including phenoxy) is 1. The van der Waals surface area contributed by atoms with Crippen molar-refractivity contribution in [1.29, 1.82) is 0 Å². The van der Waals surface area contributed by atoms with Gasteiger partial charge in [0, 0.05) is 0 Å². The van der Waals surface area contributed by atoms with Crippen LogP contribution in [0, 0.1) is 6.92 Å². The van der Waals surface area contributed by atoms with Crippen molar-refractivity contribution in [2.24, 2.45) is 21.7 Å². The molecule has 6 nitrogen and oxygen atoms in total. The molecule has 6 heteroatoms. The van der Waals surface area contributed by atoms with Gasteiger partial charge in [-0.15, -0.1) is 5.10 Å². The zero-order valence-corrected chi connectivity index (χ0v) is 12.1. The number of esters is 1. The number of guanidine groups is 1. The number of nitrogens with zero attached hydrogens (tertiary/aromatic N) is 2. The van der Waals surface area contributed by atoms with Crippen molar-refractivity contribution < 1.29 is 9.53 Å². The van der Waals surface area contributed by atoms with Crippen LogP contribution in [0.4, 0.5) is 0 Å². The van der Waals surface area contributed by atoms with E-state index in [1.54, 1.807) is 36.4 Å². The van der Waals surface area contributed by atoms with Gasteiger partial charge in [0.2, 0.25) is 5.96 Å². The second-order valence-electron chi connectivity index (χ2n) is 4.54. The van der Waals surface area contributed by atoms with Gasteiger partial charge in [-0.2, -0.15) is 5.10 Å². The highest BCUT2D eigenvalue weighted by Gasteiger charge is 2.10. The number of aryl methyl sites for hydroxylation is 1. The second-order valence-corrected chi connectivity index (χ2v) is 4.54. The zero-order chi connectivity index (χ0) is 15.9. The lowest BCUT2D eigenvalue weighted by molar-refractivity contribution is 0.0734. The molecule has 0 aliphatic rings. The Bertz CT molecular complexity index is 717. The van der Waals surface area contributed by atoms with Crippen LogP contribution in [-0.2, 0) is 0 Å². The summed E-state index contributed by atoms with van der Waals surface area (Å²) < 4.78 is 5.33. The quantitative estimate of drug-likeness (QED) is 0.295. The molecule has 0 unspecified atom stereocenters. The highest BCUT2D eigenvalue weighted by Crippen LogP contribution is 2.15. The molecular weight excluding hydrogens is 280 g/mol. The van der Waals surface area contributed by atoms with Crippen LogP contribution in [-0.4, -0.2) is 18.1 Å². The van der Waals surface area contributed by atoms with Gasteiger partial charge in [-0.1, -0.05) is 18.2 Å². The van der Waals surface area contributed by atoms with Crippen molar-refractivity contribution in [2.75, 3.05) is 0 Å². The van der Waals surface area contributed by atoms with E-state index in [2.05, 4.69) is 10.2 Å². The summed E-state index contributed by atoms with van der Waals surface area (Å²) in [6.45, 7) is 1.86. The van der Waals surface area contributed by atoms with E-state index in [0.29, 0.717) is 11.3 Å². The van der Waals surface area contributed by atoms with Crippen LogP contribution < -0.4 is 16.2 Å². The molecule has 2 aromatic rings. The van der Waals surface area contributed by atoms with Gasteiger partial charge in [-0.25, -0.2) is 4.79 Å². The third kappa shape index (κ3) is 4.17. The first-order valence-electron chi connectivity index (χ1n) is 6.56. The maximum absolute atomic E-state index is 12.1. The zero-order valence-electron chi connectivity index (χ0n) is 12.1. The molecule has 0 fully saturated rings. The molecular formula is C16H16N4O2. The molecule has 2 rings (SSSR count). The number of carbonyl (C=O) groups excluding carboxylic acids is 1. The number of rotatable bonds is 4. The molecule has 0 aliphatic heterocycles. The molecule has 0 bridgehead atoms. The second kappa shape index (κ2) is 7.03. The Balaban J connectivity index is 2.05. The fraction of sp³-hybridized carbons (Fsp3) is 0.0625. The van der Waals surface area contributed by atoms with Gasteiger partial charge >= 0.3 is 5.97 Å². The van der Waals surface area contributed by atoms with Gasteiger partial charge in [-0.05, 0) is 48.4 Å². The van der Waals surface area contributed by atoms with E-state index >= 15 is 0 Å². The number of nitrogens with two attached hydrogens (primary N) is 2. The molecule has 0 aromatic heterocycles. The fourth-order valence-corrected chi connectivity index (χ4v) is 1.75. The van der Waals surface area contributed by atoms with Gasteiger partial charge in [0.05, 0.1) is 11.8 Å². The summed E-state index contributed by atoms with van der Waals surface area (Å²) in [6.07, 6.45) is 1.49. The third-order valence-electron chi connectivity index (χ3n) is 2.84. The summed E-state index contributed by atoms with van der Waals surface area (Å²) >= 11 is 0. The molecule has 0 saturated heterocycles. The van der Waals surface area contributed by atoms with Crippen LogP contribution >= 0.6 is 0 Å². The molecule has 0 amide bonds. The van der Waals surface area contributed by atoms with Gasteiger partial charge < -0.3 is 16.2 Å². The van der Waals surface area contributed by atoms with Gasteiger partial charge in [0.1, 0.15) is 5.75 Å².